The Hall–Kier alpha value is -0.800. The maximum Gasteiger partial charge on any atom is 0.240 e. The molecule has 0 atom stereocenters. The topological polar surface area (TPSA) is 32.3 Å². The number of rotatable bonds is 1. The first-order valence-electron chi connectivity index (χ1n) is 5.75. The zero-order chi connectivity index (χ0) is 11.5. The molecule has 0 aromatic rings. The molecule has 88 valence electrons. The zero-order valence-electron chi connectivity index (χ0n) is 9.55. The fourth-order valence-electron chi connectivity index (χ4n) is 2.13. The van der Waals surface area contributed by atoms with E-state index >= 15 is 0 Å². The molecule has 1 aliphatic heterocycles. The lowest BCUT2D eigenvalue weighted by atomic mass is 10.0. The van der Waals surface area contributed by atoms with E-state index in [-0.39, 0.29) is 5.91 Å². The van der Waals surface area contributed by atoms with Crippen LogP contribution in [-0.4, -0.2) is 30.4 Å². The van der Waals surface area contributed by atoms with E-state index in [0.29, 0.717) is 6.54 Å². The van der Waals surface area contributed by atoms with Gasteiger partial charge in [-0.25, -0.2) is 0 Å². The van der Waals surface area contributed by atoms with Crippen molar-refractivity contribution in [3.8, 4) is 0 Å². The molecule has 0 unspecified atom stereocenters. The van der Waals surface area contributed by atoms with E-state index in [0.717, 1.165) is 48.7 Å². The lowest BCUT2D eigenvalue weighted by molar-refractivity contribution is -0.127. The highest BCUT2D eigenvalue weighted by Crippen LogP contribution is 2.28. The first-order chi connectivity index (χ1) is 7.68. The Balaban J connectivity index is 2.17. The summed E-state index contributed by atoms with van der Waals surface area (Å²) >= 11 is 6.06. The van der Waals surface area contributed by atoms with Gasteiger partial charge in [0.05, 0.1) is 6.54 Å². The highest BCUT2D eigenvalue weighted by Gasteiger charge is 2.21. The molecular weight excluding hydrogens is 224 g/mol. The summed E-state index contributed by atoms with van der Waals surface area (Å²) in [5.74, 6) is 0.176. The normalized spacial score (nSPS) is 23.2. The molecule has 0 saturated carbocycles. The molecule has 0 bridgehead atoms. The minimum atomic E-state index is 0.176. The summed E-state index contributed by atoms with van der Waals surface area (Å²) in [6.07, 6.45) is 4.80. The number of nitrogens with one attached hydrogen (secondary N) is 1. The predicted molar refractivity (Wildman–Crippen MR) is 65.1 cm³/mol. The highest BCUT2D eigenvalue weighted by atomic mass is 35.5. The number of halogens is 1. The summed E-state index contributed by atoms with van der Waals surface area (Å²) in [6, 6.07) is 0. The van der Waals surface area contributed by atoms with Crippen LogP contribution in [0, 0.1) is 0 Å². The molecule has 1 saturated heterocycles. The first kappa shape index (κ1) is 11.7. The molecule has 3 nitrogen and oxygen atoms in total. The third kappa shape index (κ3) is 2.47. The van der Waals surface area contributed by atoms with Crippen molar-refractivity contribution < 1.29 is 4.79 Å². The van der Waals surface area contributed by atoms with Crippen molar-refractivity contribution >= 4 is 17.5 Å². The second-order valence-corrected chi connectivity index (χ2v) is 4.76. The fourth-order valence-corrected chi connectivity index (χ4v) is 2.28. The molecule has 2 rings (SSSR count). The Bertz CT molecular complexity index is 360. The summed E-state index contributed by atoms with van der Waals surface area (Å²) < 4.78 is 0. The Morgan fingerprint density at radius 2 is 2.25 bits per heavy atom. The summed E-state index contributed by atoms with van der Waals surface area (Å²) in [5, 5.41) is 4.05. The van der Waals surface area contributed by atoms with E-state index < -0.39 is 0 Å². The number of amides is 1. The highest BCUT2D eigenvalue weighted by molar-refractivity contribution is 6.30. The van der Waals surface area contributed by atoms with Crippen molar-refractivity contribution in [1.29, 1.82) is 0 Å². The van der Waals surface area contributed by atoms with Gasteiger partial charge in [0, 0.05) is 17.3 Å². The van der Waals surface area contributed by atoms with Gasteiger partial charge in [0.1, 0.15) is 0 Å². The van der Waals surface area contributed by atoms with Crippen LogP contribution in [0.25, 0.3) is 0 Å². The van der Waals surface area contributed by atoms with E-state index in [4.69, 9.17) is 11.6 Å². The number of carbonyl (C=O) groups excluding carboxylic acids is 1. The van der Waals surface area contributed by atoms with Crippen LogP contribution in [0.2, 0.25) is 0 Å². The number of hydrogen-bond acceptors (Lipinski definition) is 2. The second-order valence-electron chi connectivity index (χ2n) is 4.30. The number of hydrogen-bond donors (Lipinski definition) is 1. The minimum Gasteiger partial charge on any atom is -0.315 e. The first-order valence-corrected chi connectivity index (χ1v) is 6.13. The van der Waals surface area contributed by atoms with Crippen LogP contribution in [0.15, 0.2) is 22.4 Å². The lowest BCUT2D eigenvalue weighted by Crippen LogP contribution is -2.34. The quantitative estimate of drug-likeness (QED) is 0.761. The molecule has 1 N–H and O–H groups in total. The van der Waals surface area contributed by atoms with Crippen LogP contribution in [-0.2, 0) is 4.79 Å². The number of nitrogens with zero attached hydrogens (tertiary/aromatic N) is 1. The van der Waals surface area contributed by atoms with E-state index in [9.17, 15) is 4.79 Å². The van der Waals surface area contributed by atoms with Gasteiger partial charge in [0.2, 0.25) is 5.91 Å². The molecule has 1 fully saturated rings. The third-order valence-electron chi connectivity index (χ3n) is 3.07. The molecule has 2 aliphatic rings. The van der Waals surface area contributed by atoms with E-state index in [1.807, 2.05) is 11.8 Å². The van der Waals surface area contributed by atoms with Crippen molar-refractivity contribution in [1.82, 2.24) is 10.2 Å². The smallest absolute Gasteiger partial charge is 0.240 e. The van der Waals surface area contributed by atoms with Gasteiger partial charge in [-0.3, -0.25) is 4.79 Å². The van der Waals surface area contributed by atoms with Gasteiger partial charge in [-0.1, -0.05) is 11.6 Å². The molecule has 4 heteroatoms. The molecule has 0 aromatic heterocycles. The van der Waals surface area contributed by atoms with Crippen LogP contribution in [0.3, 0.4) is 0 Å². The fraction of sp³-hybridized carbons (Fsp3) is 0.583. The van der Waals surface area contributed by atoms with E-state index in [2.05, 4.69) is 11.4 Å². The van der Waals surface area contributed by atoms with Crippen molar-refractivity contribution in [3.63, 3.8) is 0 Å². The molecular formula is C12H17ClN2O. The van der Waals surface area contributed by atoms with Crippen molar-refractivity contribution in [2.24, 2.45) is 0 Å². The molecule has 0 spiro atoms. The molecule has 0 radical (unpaired) electrons. The SMILES string of the molecule is CC1=C(Cl)CCC(N2CCCNCC2=O)=C1. The van der Waals surface area contributed by atoms with Gasteiger partial charge in [-0.15, -0.1) is 0 Å². The molecule has 1 amide bonds. The standard InChI is InChI=1S/C12H17ClN2O/c1-9-7-10(3-4-11(9)13)15-6-2-5-14-8-12(15)16/h7,14H,2-6,8H2,1H3. The van der Waals surface area contributed by atoms with Crippen LogP contribution in [0.4, 0.5) is 0 Å². The van der Waals surface area contributed by atoms with Crippen LogP contribution < -0.4 is 5.32 Å². The summed E-state index contributed by atoms with van der Waals surface area (Å²) in [4.78, 5) is 13.8. The van der Waals surface area contributed by atoms with Gasteiger partial charge >= 0.3 is 0 Å². The van der Waals surface area contributed by atoms with Crippen LogP contribution in [0.5, 0.6) is 0 Å². The largest absolute Gasteiger partial charge is 0.315 e. The zero-order valence-corrected chi connectivity index (χ0v) is 10.3. The van der Waals surface area contributed by atoms with E-state index in [1.54, 1.807) is 0 Å². The maximum atomic E-state index is 11.9. The van der Waals surface area contributed by atoms with Crippen molar-refractivity contribution in [2.45, 2.75) is 26.2 Å². The monoisotopic (exact) mass is 240 g/mol. The van der Waals surface area contributed by atoms with Gasteiger partial charge in [0.25, 0.3) is 0 Å². The van der Waals surface area contributed by atoms with Crippen molar-refractivity contribution in [3.05, 3.63) is 22.4 Å². The number of carbonyl (C=O) groups is 1. The number of allylic oxidation sites excluding steroid dienone is 4. The second kappa shape index (κ2) is 5.02. The average Bonchev–Trinajstić information content (AvgIpc) is 2.47. The summed E-state index contributed by atoms with van der Waals surface area (Å²) in [5.41, 5.74) is 2.21. The predicted octanol–water partition coefficient (Wildman–Crippen LogP) is 2.00. The summed E-state index contributed by atoms with van der Waals surface area (Å²) in [7, 11) is 0. The van der Waals surface area contributed by atoms with Gasteiger partial charge < -0.3 is 10.2 Å². The molecule has 16 heavy (non-hydrogen) atoms. The average molecular weight is 241 g/mol. The minimum absolute atomic E-state index is 0.176. The lowest BCUT2D eigenvalue weighted by Gasteiger charge is -2.26. The third-order valence-corrected chi connectivity index (χ3v) is 3.56. The Morgan fingerprint density at radius 1 is 1.44 bits per heavy atom. The molecule has 1 aliphatic carbocycles. The van der Waals surface area contributed by atoms with E-state index in [1.165, 1.54) is 0 Å². The van der Waals surface area contributed by atoms with Gasteiger partial charge in [-0.05, 0) is 44.4 Å². The van der Waals surface area contributed by atoms with Crippen molar-refractivity contribution in [2.75, 3.05) is 19.6 Å². The van der Waals surface area contributed by atoms with Crippen LogP contribution >= 0.6 is 11.6 Å². The summed E-state index contributed by atoms with van der Waals surface area (Å²) in [6.45, 7) is 4.20. The van der Waals surface area contributed by atoms with Gasteiger partial charge in [-0.2, -0.15) is 0 Å². The molecule has 1 heterocycles. The molecule has 0 aromatic carbocycles. The Morgan fingerprint density at radius 3 is 3.00 bits per heavy atom. The van der Waals surface area contributed by atoms with Gasteiger partial charge in [0.15, 0.2) is 0 Å². The van der Waals surface area contributed by atoms with Crippen LogP contribution in [0.1, 0.15) is 26.2 Å². The Labute approximate surface area is 101 Å². The Kier molecular flexibility index (Phi) is 3.66. The maximum absolute atomic E-state index is 11.9.